The number of unbranched alkanes of at least 4 members (excludes halogenated alkanes) is 11. The van der Waals surface area contributed by atoms with E-state index in [-0.39, 0.29) is 6.54 Å². The molecular formula is C24H38BrNO3. The Balaban J connectivity index is 1.66. The minimum Gasteiger partial charge on any atom is -0.481 e. The van der Waals surface area contributed by atoms with Gasteiger partial charge in [0.1, 0.15) is 5.60 Å². The van der Waals surface area contributed by atoms with Crippen LogP contribution >= 0.6 is 15.9 Å². The second-order valence-corrected chi connectivity index (χ2v) is 9.45. The molecule has 164 valence electrons. The van der Waals surface area contributed by atoms with Crippen molar-refractivity contribution in [3.05, 3.63) is 28.2 Å². The molecule has 1 aromatic rings. The van der Waals surface area contributed by atoms with Gasteiger partial charge in [-0.1, -0.05) is 106 Å². The van der Waals surface area contributed by atoms with Crippen LogP contribution in [0, 0.1) is 5.92 Å². The summed E-state index contributed by atoms with van der Waals surface area (Å²) in [5.41, 5.74) is 0.189. The summed E-state index contributed by atoms with van der Waals surface area (Å²) in [5.74, 6) is -1.69. The molecule has 0 fully saturated rings. The van der Waals surface area contributed by atoms with E-state index < -0.39 is 17.5 Å². The first-order chi connectivity index (χ1) is 14.0. The van der Waals surface area contributed by atoms with Gasteiger partial charge in [0.25, 0.3) is 0 Å². The Hall–Kier alpha value is -1.07. The van der Waals surface area contributed by atoms with Crippen molar-refractivity contribution in [2.75, 3.05) is 11.9 Å². The number of carboxylic acids is 1. The number of aliphatic carboxylic acids is 1. The normalized spacial score (nSPS) is 19.0. The van der Waals surface area contributed by atoms with Gasteiger partial charge < -0.3 is 15.5 Å². The van der Waals surface area contributed by atoms with E-state index in [0.29, 0.717) is 12.0 Å². The zero-order valence-electron chi connectivity index (χ0n) is 17.9. The molecule has 2 unspecified atom stereocenters. The van der Waals surface area contributed by atoms with Crippen molar-refractivity contribution in [2.24, 2.45) is 5.92 Å². The summed E-state index contributed by atoms with van der Waals surface area (Å²) in [4.78, 5) is 11.9. The van der Waals surface area contributed by atoms with Gasteiger partial charge >= 0.3 is 5.97 Å². The van der Waals surface area contributed by atoms with Gasteiger partial charge in [0.05, 0.1) is 5.92 Å². The molecular weight excluding hydrogens is 430 g/mol. The van der Waals surface area contributed by atoms with Gasteiger partial charge in [-0.25, -0.2) is 0 Å². The van der Waals surface area contributed by atoms with Gasteiger partial charge in [-0.05, 0) is 18.6 Å². The van der Waals surface area contributed by atoms with Crippen molar-refractivity contribution >= 4 is 27.6 Å². The van der Waals surface area contributed by atoms with Gasteiger partial charge in [0.2, 0.25) is 0 Å². The van der Waals surface area contributed by atoms with Crippen molar-refractivity contribution in [1.29, 1.82) is 0 Å². The minimum absolute atomic E-state index is 0.258. The zero-order valence-corrected chi connectivity index (χ0v) is 19.5. The van der Waals surface area contributed by atoms with Crippen LogP contribution in [0.1, 0.15) is 96.0 Å². The summed E-state index contributed by atoms with van der Waals surface area (Å²) in [6, 6.07) is 5.59. The fourth-order valence-corrected chi connectivity index (χ4v) is 4.79. The van der Waals surface area contributed by atoms with E-state index in [9.17, 15) is 15.0 Å². The highest BCUT2D eigenvalue weighted by molar-refractivity contribution is 9.10. The van der Waals surface area contributed by atoms with Crippen LogP contribution in [-0.4, -0.2) is 22.7 Å². The Morgan fingerprint density at radius 1 is 1.03 bits per heavy atom. The largest absolute Gasteiger partial charge is 0.481 e. The first kappa shape index (κ1) is 24.2. The molecule has 0 bridgehead atoms. The summed E-state index contributed by atoms with van der Waals surface area (Å²) in [6.45, 7) is 2.51. The van der Waals surface area contributed by atoms with Crippen LogP contribution in [0.5, 0.6) is 0 Å². The number of nitrogens with one attached hydrogen (secondary N) is 1. The highest BCUT2D eigenvalue weighted by Gasteiger charge is 2.47. The Bertz CT molecular complexity index is 637. The van der Waals surface area contributed by atoms with E-state index in [1.165, 1.54) is 57.8 Å². The number of benzene rings is 1. The average molecular weight is 468 g/mol. The lowest BCUT2D eigenvalue weighted by molar-refractivity contribution is -0.152. The number of fused-ring (bicyclic) bond motifs is 1. The van der Waals surface area contributed by atoms with Crippen molar-refractivity contribution in [3.63, 3.8) is 0 Å². The van der Waals surface area contributed by atoms with E-state index in [2.05, 4.69) is 28.2 Å². The topological polar surface area (TPSA) is 69.6 Å². The molecule has 1 heterocycles. The van der Waals surface area contributed by atoms with E-state index in [0.717, 1.165) is 29.4 Å². The number of hydrogen-bond donors (Lipinski definition) is 3. The first-order valence-electron chi connectivity index (χ1n) is 11.5. The predicted octanol–water partition coefficient (Wildman–Crippen LogP) is 6.85. The second-order valence-electron chi connectivity index (χ2n) is 8.54. The minimum atomic E-state index is -1.33. The van der Waals surface area contributed by atoms with E-state index in [1.54, 1.807) is 0 Å². The molecule has 1 aliphatic heterocycles. The molecule has 2 atom stereocenters. The van der Waals surface area contributed by atoms with Crippen molar-refractivity contribution in [2.45, 2.75) is 96.0 Å². The van der Waals surface area contributed by atoms with Crippen LogP contribution in [0.15, 0.2) is 22.7 Å². The number of halogens is 1. The first-order valence-corrected chi connectivity index (χ1v) is 12.3. The molecule has 0 amide bonds. The highest BCUT2D eigenvalue weighted by Crippen LogP contribution is 2.43. The molecule has 29 heavy (non-hydrogen) atoms. The molecule has 5 heteroatoms. The zero-order chi connectivity index (χ0) is 21.1. The van der Waals surface area contributed by atoms with Gasteiger partial charge in [0.15, 0.2) is 0 Å². The standard InChI is InChI=1S/C24H38BrNO3/c1-2-3-4-5-6-7-8-9-10-11-12-13-14-21(23(27)28)24(29)18-26-22-17-19(25)15-16-20(22)24/h15-17,21,26,29H,2-14,18H2,1H3,(H,27,28). The van der Waals surface area contributed by atoms with Gasteiger partial charge in [-0.2, -0.15) is 0 Å². The number of anilines is 1. The van der Waals surface area contributed by atoms with Crippen LogP contribution in [0.3, 0.4) is 0 Å². The molecule has 0 aromatic heterocycles. The van der Waals surface area contributed by atoms with Gasteiger partial charge in [0, 0.05) is 22.3 Å². The number of carbonyl (C=O) groups is 1. The Morgan fingerprint density at radius 2 is 1.59 bits per heavy atom. The molecule has 0 radical (unpaired) electrons. The fraction of sp³-hybridized carbons (Fsp3) is 0.708. The maximum Gasteiger partial charge on any atom is 0.309 e. The van der Waals surface area contributed by atoms with Crippen molar-refractivity contribution in [1.82, 2.24) is 0 Å². The lowest BCUT2D eigenvalue weighted by atomic mass is 9.79. The highest BCUT2D eigenvalue weighted by atomic mass is 79.9. The number of hydrogen-bond acceptors (Lipinski definition) is 3. The molecule has 3 N–H and O–H groups in total. The van der Waals surface area contributed by atoms with Crippen LogP contribution in [0.2, 0.25) is 0 Å². The molecule has 0 spiro atoms. The quantitative estimate of drug-likeness (QED) is 0.246. The van der Waals surface area contributed by atoms with E-state index in [1.807, 2.05) is 18.2 Å². The molecule has 1 aromatic carbocycles. The summed E-state index contributed by atoms with van der Waals surface area (Å²) in [5, 5.41) is 24.1. The number of carboxylic acid groups (broad SMARTS) is 1. The molecule has 0 saturated heterocycles. The monoisotopic (exact) mass is 467 g/mol. The van der Waals surface area contributed by atoms with E-state index in [4.69, 9.17) is 0 Å². The maximum absolute atomic E-state index is 11.9. The number of β-amino-alcohol motifs (C(OH)–C–C–N with tert-alkyl or cyclic N) is 1. The van der Waals surface area contributed by atoms with Crippen LogP contribution in [-0.2, 0) is 10.4 Å². The van der Waals surface area contributed by atoms with Crippen molar-refractivity contribution < 1.29 is 15.0 Å². The van der Waals surface area contributed by atoms with E-state index >= 15 is 0 Å². The SMILES string of the molecule is CCCCCCCCCCCCCCC(C(=O)O)C1(O)CNc2cc(Br)ccc21. The fourth-order valence-electron chi connectivity index (χ4n) is 4.43. The molecule has 0 aliphatic carbocycles. The summed E-state index contributed by atoms with van der Waals surface area (Å²) >= 11 is 3.43. The number of rotatable bonds is 15. The Kier molecular flexibility index (Phi) is 10.5. The lowest BCUT2D eigenvalue weighted by Crippen LogP contribution is -2.41. The third-order valence-electron chi connectivity index (χ3n) is 6.22. The maximum atomic E-state index is 11.9. The summed E-state index contributed by atoms with van der Waals surface area (Å²) in [6.07, 6.45) is 15.5. The lowest BCUT2D eigenvalue weighted by Gasteiger charge is -2.30. The molecule has 2 rings (SSSR count). The predicted molar refractivity (Wildman–Crippen MR) is 123 cm³/mol. The van der Waals surface area contributed by atoms with Crippen LogP contribution in [0.4, 0.5) is 5.69 Å². The molecule has 4 nitrogen and oxygen atoms in total. The van der Waals surface area contributed by atoms with Gasteiger partial charge in [-0.15, -0.1) is 0 Å². The second kappa shape index (κ2) is 12.6. The molecule has 1 aliphatic rings. The van der Waals surface area contributed by atoms with Gasteiger partial charge in [-0.3, -0.25) is 4.79 Å². The van der Waals surface area contributed by atoms with Crippen LogP contribution in [0.25, 0.3) is 0 Å². The number of aliphatic hydroxyl groups is 1. The Labute approximate surface area is 184 Å². The average Bonchev–Trinajstić information content (AvgIpc) is 3.01. The van der Waals surface area contributed by atoms with Crippen LogP contribution < -0.4 is 5.32 Å². The third kappa shape index (κ3) is 7.29. The summed E-state index contributed by atoms with van der Waals surface area (Å²) < 4.78 is 0.917. The summed E-state index contributed by atoms with van der Waals surface area (Å²) in [7, 11) is 0. The third-order valence-corrected chi connectivity index (χ3v) is 6.71. The smallest absolute Gasteiger partial charge is 0.309 e. The Morgan fingerprint density at radius 3 is 2.14 bits per heavy atom. The molecule has 0 saturated carbocycles. The van der Waals surface area contributed by atoms with Crippen molar-refractivity contribution in [3.8, 4) is 0 Å².